The summed E-state index contributed by atoms with van der Waals surface area (Å²) >= 11 is 0. The summed E-state index contributed by atoms with van der Waals surface area (Å²) in [5, 5.41) is 0. The normalized spacial score (nSPS) is 26.2. The largest absolute Gasteiger partial charge is 0.497 e. The van der Waals surface area contributed by atoms with Gasteiger partial charge in [-0.3, -0.25) is 0 Å². The van der Waals surface area contributed by atoms with Gasteiger partial charge in [0.1, 0.15) is 5.75 Å². The Balaban J connectivity index is 1.93. The van der Waals surface area contributed by atoms with Crippen LogP contribution in [0.1, 0.15) is 44.1 Å². The first-order valence-electron chi connectivity index (χ1n) is 7.97. The minimum atomic E-state index is 0.604. The van der Waals surface area contributed by atoms with Crippen molar-refractivity contribution in [3.05, 3.63) is 23.8 Å². The van der Waals surface area contributed by atoms with Crippen LogP contribution in [0.5, 0.6) is 5.75 Å². The average Bonchev–Trinajstić information content (AvgIpc) is 2.53. The summed E-state index contributed by atoms with van der Waals surface area (Å²) in [4.78, 5) is 2.62. The van der Waals surface area contributed by atoms with Gasteiger partial charge in [0.05, 0.1) is 7.11 Å². The van der Waals surface area contributed by atoms with Crippen LogP contribution in [0.25, 0.3) is 0 Å². The van der Waals surface area contributed by atoms with Crippen molar-refractivity contribution >= 4 is 5.69 Å². The van der Waals surface area contributed by atoms with Crippen LogP contribution < -0.4 is 15.4 Å². The maximum Gasteiger partial charge on any atom is 0.120 e. The lowest BCUT2D eigenvalue weighted by Crippen LogP contribution is -2.47. The van der Waals surface area contributed by atoms with Crippen molar-refractivity contribution in [2.75, 3.05) is 18.6 Å². The fourth-order valence-electron chi connectivity index (χ4n) is 4.03. The molecule has 1 aromatic rings. The molecule has 110 valence electrons. The van der Waals surface area contributed by atoms with Gasteiger partial charge in [-0.05, 0) is 43.2 Å². The Morgan fingerprint density at radius 3 is 2.80 bits per heavy atom. The average molecular weight is 274 g/mol. The minimum Gasteiger partial charge on any atom is -0.497 e. The van der Waals surface area contributed by atoms with Crippen LogP contribution in [-0.2, 0) is 6.54 Å². The van der Waals surface area contributed by atoms with E-state index in [0.29, 0.717) is 6.54 Å². The van der Waals surface area contributed by atoms with Gasteiger partial charge in [-0.1, -0.05) is 18.9 Å². The molecular formula is C17H26N2O. The van der Waals surface area contributed by atoms with Crippen molar-refractivity contribution in [3.8, 4) is 5.75 Å². The van der Waals surface area contributed by atoms with Crippen molar-refractivity contribution in [2.24, 2.45) is 11.7 Å². The summed E-state index contributed by atoms with van der Waals surface area (Å²) in [5.74, 6) is 1.82. The molecular weight excluding hydrogens is 248 g/mol. The zero-order valence-corrected chi connectivity index (χ0v) is 12.5. The Kier molecular flexibility index (Phi) is 4.16. The maximum atomic E-state index is 5.95. The minimum absolute atomic E-state index is 0.604. The number of hydrogen-bond acceptors (Lipinski definition) is 3. The number of anilines is 1. The number of fused-ring (bicyclic) bond motifs is 1. The first kappa shape index (κ1) is 13.7. The molecule has 0 bridgehead atoms. The first-order valence-corrected chi connectivity index (χ1v) is 7.97. The van der Waals surface area contributed by atoms with E-state index in [1.807, 2.05) is 6.07 Å². The highest BCUT2D eigenvalue weighted by Gasteiger charge is 2.34. The van der Waals surface area contributed by atoms with E-state index in [0.717, 1.165) is 17.7 Å². The molecule has 2 atom stereocenters. The monoisotopic (exact) mass is 274 g/mol. The second kappa shape index (κ2) is 6.04. The molecule has 3 rings (SSSR count). The van der Waals surface area contributed by atoms with Crippen molar-refractivity contribution in [3.63, 3.8) is 0 Å². The summed E-state index contributed by atoms with van der Waals surface area (Å²) in [6.07, 6.45) is 8.25. The van der Waals surface area contributed by atoms with Gasteiger partial charge >= 0.3 is 0 Å². The Morgan fingerprint density at radius 2 is 2.00 bits per heavy atom. The van der Waals surface area contributed by atoms with Gasteiger partial charge < -0.3 is 15.4 Å². The molecule has 20 heavy (non-hydrogen) atoms. The highest BCUT2D eigenvalue weighted by molar-refractivity contribution is 5.58. The molecule has 0 aromatic heterocycles. The van der Waals surface area contributed by atoms with E-state index in [4.69, 9.17) is 10.5 Å². The van der Waals surface area contributed by atoms with Crippen molar-refractivity contribution in [2.45, 2.75) is 51.1 Å². The van der Waals surface area contributed by atoms with Crippen LogP contribution >= 0.6 is 0 Å². The fourth-order valence-corrected chi connectivity index (χ4v) is 4.03. The molecule has 0 amide bonds. The number of hydrogen-bond donors (Lipinski definition) is 1. The number of piperidine rings is 1. The third-order valence-corrected chi connectivity index (χ3v) is 5.07. The molecule has 2 N–H and O–H groups in total. The predicted octanol–water partition coefficient (Wildman–Crippen LogP) is 3.31. The Hall–Kier alpha value is -1.22. The van der Waals surface area contributed by atoms with E-state index in [9.17, 15) is 0 Å². The van der Waals surface area contributed by atoms with E-state index in [1.54, 1.807) is 7.11 Å². The number of nitrogens with two attached hydrogens (primary N) is 1. The lowest BCUT2D eigenvalue weighted by atomic mass is 9.78. The van der Waals surface area contributed by atoms with Gasteiger partial charge in [-0.15, -0.1) is 0 Å². The molecule has 1 aromatic carbocycles. The third kappa shape index (κ3) is 2.51. The quantitative estimate of drug-likeness (QED) is 0.919. The second-order valence-electron chi connectivity index (χ2n) is 6.15. The van der Waals surface area contributed by atoms with Gasteiger partial charge in [0.2, 0.25) is 0 Å². The Bertz CT molecular complexity index is 458. The highest BCUT2D eigenvalue weighted by atomic mass is 16.5. The van der Waals surface area contributed by atoms with Crippen LogP contribution in [0.2, 0.25) is 0 Å². The molecule has 1 saturated carbocycles. The SMILES string of the molecule is COc1ccc(CN)c(N2CCCC3CCCCC32)c1. The summed E-state index contributed by atoms with van der Waals surface area (Å²) in [6, 6.07) is 7.04. The topological polar surface area (TPSA) is 38.5 Å². The smallest absolute Gasteiger partial charge is 0.120 e. The molecule has 2 aliphatic rings. The van der Waals surface area contributed by atoms with Gasteiger partial charge in [-0.25, -0.2) is 0 Å². The molecule has 1 saturated heterocycles. The number of ether oxygens (including phenoxy) is 1. The molecule has 1 aliphatic carbocycles. The maximum absolute atomic E-state index is 5.95. The summed E-state index contributed by atoms with van der Waals surface area (Å²) in [5.41, 5.74) is 8.51. The summed E-state index contributed by atoms with van der Waals surface area (Å²) < 4.78 is 5.41. The fraction of sp³-hybridized carbons (Fsp3) is 0.647. The van der Waals surface area contributed by atoms with Crippen LogP contribution in [-0.4, -0.2) is 19.7 Å². The van der Waals surface area contributed by atoms with E-state index in [2.05, 4.69) is 17.0 Å². The van der Waals surface area contributed by atoms with Gasteiger partial charge in [-0.2, -0.15) is 0 Å². The first-order chi connectivity index (χ1) is 9.83. The van der Waals surface area contributed by atoms with Crippen molar-refractivity contribution in [1.29, 1.82) is 0 Å². The molecule has 3 nitrogen and oxygen atoms in total. The summed E-state index contributed by atoms with van der Waals surface area (Å²) in [6.45, 7) is 1.77. The molecule has 2 unspecified atom stereocenters. The molecule has 1 heterocycles. The lowest BCUT2D eigenvalue weighted by molar-refractivity contribution is 0.243. The highest BCUT2D eigenvalue weighted by Crippen LogP contribution is 2.39. The molecule has 0 radical (unpaired) electrons. The molecule has 0 spiro atoms. The van der Waals surface area contributed by atoms with Crippen LogP contribution in [0.4, 0.5) is 5.69 Å². The summed E-state index contributed by atoms with van der Waals surface area (Å²) in [7, 11) is 1.74. The standard InChI is InChI=1S/C17H26N2O/c1-20-15-9-8-14(12-18)17(11-15)19-10-4-6-13-5-2-3-7-16(13)19/h8-9,11,13,16H,2-7,10,12,18H2,1H3. The van der Waals surface area contributed by atoms with E-state index in [1.165, 1.54) is 56.3 Å². The van der Waals surface area contributed by atoms with Crippen molar-refractivity contribution in [1.82, 2.24) is 0 Å². The number of nitrogens with zero attached hydrogens (tertiary/aromatic N) is 1. The van der Waals surface area contributed by atoms with Crippen molar-refractivity contribution < 1.29 is 4.74 Å². The third-order valence-electron chi connectivity index (χ3n) is 5.07. The second-order valence-corrected chi connectivity index (χ2v) is 6.15. The Labute approximate surface area is 122 Å². The lowest BCUT2D eigenvalue weighted by Gasteiger charge is -2.46. The molecule has 2 fully saturated rings. The number of rotatable bonds is 3. The molecule has 1 aliphatic heterocycles. The number of methoxy groups -OCH3 is 1. The van der Waals surface area contributed by atoms with Gasteiger partial charge in [0.25, 0.3) is 0 Å². The van der Waals surface area contributed by atoms with Crippen LogP contribution in [0.15, 0.2) is 18.2 Å². The zero-order valence-electron chi connectivity index (χ0n) is 12.5. The van der Waals surface area contributed by atoms with E-state index >= 15 is 0 Å². The van der Waals surface area contributed by atoms with E-state index < -0.39 is 0 Å². The zero-order chi connectivity index (χ0) is 13.9. The van der Waals surface area contributed by atoms with Gasteiger partial charge in [0, 0.05) is 30.9 Å². The predicted molar refractivity (Wildman–Crippen MR) is 83.2 cm³/mol. The van der Waals surface area contributed by atoms with Crippen LogP contribution in [0, 0.1) is 5.92 Å². The molecule has 3 heteroatoms. The van der Waals surface area contributed by atoms with Gasteiger partial charge in [0.15, 0.2) is 0 Å². The number of benzene rings is 1. The van der Waals surface area contributed by atoms with Crippen LogP contribution in [0.3, 0.4) is 0 Å². The van der Waals surface area contributed by atoms with E-state index in [-0.39, 0.29) is 0 Å². The Morgan fingerprint density at radius 1 is 1.20 bits per heavy atom.